The zero-order chi connectivity index (χ0) is 21.7. The van der Waals surface area contributed by atoms with Gasteiger partial charge in [0.05, 0.1) is 18.2 Å². The Labute approximate surface area is 184 Å². The number of para-hydroxylation sites is 1. The molecule has 2 aromatic carbocycles. The Bertz CT molecular complexity index is 1390. The van der Waals surface area contributed by atoms with Crippen molar-refractivity contribution >= 4 is 11.4 Å². The molecule has 1 aliphatic carbocycles. The highest BCUT2D eigenvalue weighted by atomic mass is 16.5. The Morgan fingerprint density at radius 3 is 2.72 bits per heavy atom. The number of rotatable bonds is 3. The summed E-state index contributed by atoms with van der Waals surface area (Å²) in [6.45, 7) is 0. The predicted octanol–water partition coefficient (Wildman–Crippen LogP) is 4.33. The highest BCUT2D eigenvalue weighted by Gasteiger charge is 2.39. The number of carbonyl (C=O) groups excluding carboxylic acids is 1. The van der Waals surface area contributed by atoms with Crippen LogP contribution in [-0.2, 0) is 4.79 Å². The standard InChI is InChI=1S/C25H20N4O3/c1-31-18-12-6-5-10-16(18)23-27-24-22-20(15-8-3-2-4-9-15)21-17(30)11-7-13-19(21)32-25(22)26-14-29(24)28-23/h2-6,8-10,12,14,20H,7,11,13H2,1H3. The summed E-state index contributed by atoms with van der Waals surface area (Å²) in [5.74, 6) is 2.25. The maximum atomic E-state index is 13.1. The number of methoxy groups -OCH3 is 1. The zero-order valence-electron chi connectivity index (χ0n) is 17.5. The molecule has 2 aliphatic rings. The third-order valence-electron chi connectivity index (χ3n) is 6.07. The van der Waals surface area contributed by atoms with Gasteiger partial charge in [-0.25, -0.2) is 14.5 Å². The first kappa shape index (κ1) is 18.7. The third kappa shape index (κ3) is 2.81. The number of ketones is 1. The topological polar surface area (TPSA) is 78.6 Å². The number of Topliss-reactive ketones (excluding diaryl/α,β-unsaturated/α-hetero) is 1. The second-order valence-corrected chi connectivity index (χ2v) is 7.93. The maximum absolute atomic E-state index is 13.1. The third-order valence-corrected chi connectivity index (χ3v) is 6.07. The number of hydrogen-bond donors (Lipinski definition) is 0. The molecule has 0 saturated carbocycles. The largest absolute Gasteiger partial charge is 0.496 e. The van der Waals surface area contributed by atoms with Crippen molar-refractivity contribution < 1.29 is 14.3 Å². The second kappa shape index (κ2) is 7.30. The van der Waals surface area contributed by atoms with Crippen LogP contribution in [0.25, 0.3) is 17.0 Å². The highest BCUT2D eigenvalue weighted by molar-refractivity contribution is 6.00. The molecule has 0 radical (unpaired) electrons. The van der Waals surface area contributed by atoms with Crippen LogP contribution in [0.15, 0.2) is 72.3 Å². The number of hydrogen-bond acceptors (Lipinski definition) is 6. The first-order chi connectivity index (χ1) is 15.7. The lowest BCUT2D eigenvalue weighted by Gasteiger charge is -2.31. The summed E-state index contributed by atoms with van der Waals surface area (Å²) in [6.07, 6.45) is 3.66. The van der Waals surface area contributed by atoms with E-state index in [1.807, 2.05) is 54.6 Å². The Hall–Kier alpha value is -4.00. The molecular formula is C25H20N4O3. The van der Waals surface area contributed by atoms with Crippen LogP contribution in [0.4, 0.5) is 0 Å². The van der Waals surface area contributed by atoms with Crippen LogP contribution in [0.1, 0.15) is 36.3 Å². The fraction of sp³-hybridized carbons (Fsp3) is 0.200. The summed E-state index contributed by atoms with van der Waals surface area (Å²) < 4.78 is 13.3. The molecule has 0 fully saturated rings. The molecule has 7 heteroatoms. The number of carbonyl (C=O) groups is 1. The molecule has 4 aromatic rings. The molecule has 0 N–H and O–H groups in total. The van der Waals surface area contributed by atoms with E-state index in [0.29, 0.717) is 35.1 Å². The lowest BCUT2D eigenvalue weighted by molar-refractivity contribution is -0.116. The fourth-order valence-electron chi connectivity index (χ4n) is 4.64. The summed E-state index contributed by atoms with van der Waals surface area (Å²) >= 11 is 0. The minimum absolute atomic E-state index is 0.122. The molecule has 3 heterocycles. The fourth-order valence-corrected chi connectivity index (χ4v) is 4.64. The number of aromatic nitrogens is 4. The van der Waals surface area contributed by atoms with E-state index in [-0.39, 0.29) is 11.7 Å². The van der Waals surface area contributed by atoms with Crippen LogP contribution in [-0.4, -0.2) is 32.5 Å². The average Bonchev–Trinajstić information content (AvgIpc) is 3.28. The molecular weight excluding hydrogens is 404 g/mol. The van der Waals surface area contributed by atoms with Crippen molar-refractivity contribution in [1.29, 1.82) is 0 Å². The van der Waals surface area contributed by atoms with Crippen LogP contribution >= 0.6 is 0 Å². The molecule has 1 aliphatic heterocycles. The minimum atomic E-state index is -0.298. The average molecular weight is 424 g/mol. The SMILES string of the molecule is COc1ccccc1-c1nc2c3c(ncn2n1)OC1=C(C(=O)CCC1)C3c1ccccc1. The van der Waals surface area contributed by atoms with Crippen molar-refractivity contribution in [3.8, 4) is 23.0 Å². The maximum Gasteiger partial charge on any atom is 0.228 e. The van der Waals surface area contributed by atoms with Crippen LogP contribution in [0, 0.1) is 0 Å². The molecule has 0 amide bonds. The van der Waals surface area contributed by atoms with E-state index < -0.39 is 0 Å². The van der Waals surface area contributed by atoms with Gasteiger partial charge in [0, 0.05) is 24.3 Å². The van der Waals surface area contributed by atoms with Gasteiger partial charge in [0.1, 0.15) is 17.8 Å². The number of allylic oxidation sites excluding steroid dienone is 2. The number of fused-ring (bicyclic) bond motifs is 3. The smallest absolute Gasteiger partial charge is 0.228 e. The highest BCUT2D eigenvalue weighted by Crippen LogP contribution is 2.47. The van der Waals surface area contributed by atoms with Crippen LogP contribution in [0.3, 0.4) is 0 Å². The quantitative estimate of drug-likeness (QED) is 0.487. The Morgan fingerprint density at radius 1 is 1.06 bits per heavy atom. The minimum Gasteiger partial charge on any atom is -0.496 e. The van der Waals surface area contributed by atoms with Crippen molar-refractivity contribution in [1.82, 2.24) is 19.6 Å². The van der Waals surface area contributed by atoms with E-state index in [1.165, 1.54) is 0 Å². The molecule has 32 heavy (non-hydrogen) atoms. The Balaban J connectivity index is 1.61. The molecule has 7 nitrogen and oxygen atoms in total. The van der Waals surface area contributed by atoms with Gasteiger partial charge in [-0.15, -0.1) is 5.10 Å². The van der Waals surface area contributed by atoms with E-state index in [4.69, 9.17) is 14.5 Å². The Morgan fingerprint density at radius 2 is 1.88 bits per heavy atom. The van der Waals surface area contributed by atoms with E-state index in [9.17, 15) is 4.79 Å². The van der Waals surface area contributed by atoms with E-state index in [0.717, 1.165) is 35.3 Å². The van der Waals surface area contributed by atoms with E-state index in [2.05, 4.69) is 10.1 Å². The van der Waals surface area contributed by atoms with Crippen molar-refractivity contribution in [2.75, 3.05) is 7.11 Å². The van der Waals surface area contributed by atoms with Gasteiger partial charge in [-0.3, -0.25) is 4.79 Å². The lowest BCUT2D eigenvalue weighted by Crippen LogP contribution is -2.26. The van der Waals surface area contributed by atoms with Crippen molar-refractivity contribution in [2.24, 2.45) is 0 Å². The molecule has 0 bridgehead atoms. The van der Waals surface area contributed by atoms with E-state index >= 15 is 0 Å². The van der Waals surface area contributed by atoms with Gasteiger partial charge < -0.3 is 9.47 Å². The van der Waals surface area contributed by atoms with Gasteiger partial charge in [0.25, 0.3) is 0 Å². The Kier molecular flexibility index (Phi) is 4.28. The summed E-state index contributed by atoms with van der Waals surface area (Å²) in [4.78, 5) is 22.5. The normalized spacial score (nSPS) is 17.7. The molecule has 1 atom stereocenters. The van der Waals surface area contributed by atoms with Crippen molar-refractivity contribution in [3.63, 3.8) is 0 Å². The number of benzene rings is 2. The summed E-state index contributed by atoms with van der Waals surface area (Å²) in [5, 5.41) is 4.66. The number of ether oxygens (including phenoxy) is 2. The van der Waals surface area contributed by atoms with Crippen LogP contribution in [0.5, 0.6) is 11.6 Å². The molecule has 6 rings (SSSR count). The van der Waals surface area contributed by atoms with Crippen LogP contribution < -0.4 is 9.47 Å². The first-order valence-corrected chi connectivity index (χ1v) is 10.6. The molecule has 0 saturated heterocycles. The molecule has 1 unspecified atom stereocenters. The van der Waals surface area contributed by atoms with Gasteiger partial charge in [-0.05, 0) is 24.1 Å². The predicted molar refractivity (Wildman–Crippen MR) is 118 cm³/mol. The molecule has 158 valence electrons. The van der Waals surface area contributed by atoms with E-state index in [1.54, 1.807) is 18.0 Å². The van der Waals surface area contributed by atoms with Gasteiger partial charge >= 0.3 is 0 Å². The van der Waals surface area contributed by atoms with Gasteiger partial charge in [-0.2, -0.15) is 0 Å². The van der Waals surface area contributed by atoms with Gasteiger partial charge in [0.2, 0.25) is 5.88 Å². The second-order valence-electron chi connectivity index (χ2n) is 7.93. The van der Waals surface area contributed by atoms with Gasteiger partial charge in [0.15, 0.2) is 17.3 Å². The van der Waals surface area contributed by atoms with Crippen LogP contribution in [0.2, 0.25) is 0 Å². The van der Waals surface area contributed by atoms with Crippen molar-refractivity contribution in [2.45, 2.75) is 25.2 Å². The zero-order valence-corrected chi connectivity index (χ0v) is 17.5. The summed E-state index contributed by atoms with van der Waals surface area (Å²) in [5.41, 5.74) is 3.90. The first-order valence-electron chi connectivity index (χ1n) is 10.6. The van der Waals surface area contributed by atoms with Gasteiger partial charge in [-0.1, -0.05) is 42.5 Å². The monoisotopic (exact) mass is 424 g/mol. The number of nitrogens with zero attached hydrogens (tertiary/aromatic N) is 4. The van der Waals surface area contributed by atoms with Crippen molar-refractivity contribution in [3.05, 3.63) is 83.4 Å². The summed E-state index contributed by atoms with van der Waals surface area (Å²) in [6, 6.07) is 17.6. The lowest BCUT2D eigenvalue weighted by atomic mass is 9.78. The summed E-state index contributed by atoms with van der Waals surface area (Å²) in [7, 11) is 1.63. The molecule has 2 aromatic heterocycles. The molecule has 0 spiro atoms.